The van der Waals surface area contributed by atoms with Crippen molar-refractivity contribution >= 4 is 65.4 Å². The highest BCUT2D eigenvalue weighted by molar-refractivity contribution is 6.13. The van der Waals surface area contributed by atoms with Crippen LogP contribution in [0.5, 0.6) is 0 Å². The first-order valence-electron chi connectivity index (χ1n) is 20.8. The SMILES string of the molecule is CC(C)(C)c1ccc2c(c1)c1cc(-c3cccc(-c4ccc5c(c4)c4cc(C(C)(C)C)ccc4n5-c4ccc5[nH]c6ccccc6c5c4)c3)ccc1n2-c1ccccc1. The van der Waals surface area contributed by atoms with E-state index in [9.17, 15) is 0 Å². The highest BCUT2D eigenvalue weighted by Crippen LogP contribution is 2.41. The minimum Gasteiger partial charge on any atom is -0.355 e. The number of rotatable bonds is 4. The summed E-state index contributed by atoms with van der Waals surface area (Å²) in [6.45, 7) is 13.8. The van der Waals surface area contributed by atoms with Gasteiger partial charge in [-0.15, -0.1) is 0 Å². The van der Waals surface area contributed by atoms with E-state index in [2.05, 4.69) is 226 Å². The molecule has 0 saturated carbocycles. The third-order valence-corrected chi connectivity index (χ3v) is 12.6. The van der Waals surface area contributed by atoms with Crippen LogP contribution in [0.4, 0.5) is 0 Å². The molecule has 3 nitrogen and oxygen atoms in total. The van der Waals surface area contributed by atoms with Crippen LogP contribution in [0.1, 0.15) is 52.7 Å². The fourth-order valence-corrected chi connectivity index (χ4v) is 9.33. The number of para-hydroxylation sites is 2. The summed E-state index contributed by atoms with van der Waals surface area (Å²) in [5.41, 5.74) is 17.1. The maximum absolute atomic E-state index is 3.61. The van der Waals surface area contributed by atoms with Gasteiger partial charge in [-0.2, -0.15) is 0 Å². The van der Waals surface area contributed by atoms with Crippen molar-refractivity contribution in [1.82, 2.24) is 14.1 Å². The average Bonchev–Trinajstić information content (AvgIpc) is 3.89. The molecule has 3 aromatic heterocycles. The van der Waals surface area contributed by atoms with E-state index in [1.165, 1.54) is 99.1 Å². The van der Waals surface area contributed by atoms with Gasteiger partial charge in [-0.3, -0.25) is 0 Å². The van der Waals surface area contributed by atoms with Crippen molar-refractivity contribution in [3.63, 3.8) is 0 Å². The Morgan fingerprint density at radius 2 is 0.797 bits per heavy atom. The Kier molecular flexibility index (Phi) is 7.68. The highest BCUT2D eigenvalue weighted by Gasteiger charge is 2.21. The normalized spacial score (nSPS) is 12.6. The molecule has 0 aliphatic carbocycles. The lowest BCUT2D eigenvalue weighted by atomic mass is 9.86. The maximum atomic E-state index is 3.61. The number of fused-ring (bicyclic) bond motifs is 9. The van der Waals surface area contributed by atoms with E-state index in [1.807, 2.05) is 0 Å². The molecule has 1 N–H and O–H groups in total. The number of hydrogen-bond acceptors (Lipinski definition) is 0. The Hall–Kier alpha value is -6.84. The number of benzene rings is 8. The minimum absolute atomic E-state index is 0.0281. The van der Waals surface area contributed by atoms with E-state index in [0.29, 0.717) is 0 Å². The molecule has 59 heavy (non-hydrogen) atoms. The lowest BCUT2D eigenvalue weighted by molar-refractivity contribution is 0.591. The van der Waals surface area contributed by atoms with Gasteiger partial charge in [-0.05, 0) is 135 Å². The Morgan fingerprint density at radius 1 is 0.322 bits per heavy atom. The number of H-pyrrole nitrogens is 1. The van der Waals surface area contributed by atoms with E-state index in [0.717, 1.165) is 11.0 Å². The Morgan fingerprint density at radius 3 is 1.37 bits per heavy atom. The van der Waals surface area contributed by atoms with Gasteiger partial charge in [-0.25, -0.2) is 0 Å². The van der Waals surface area contributed by atoms with Gasteiger partial charge in [0.05, 0.1) is 22.1 Å². The van der Waals surface area contributed by atoms with Crippen LogP contribution >= 0.6 is 0 Å². The van der Waals surface area contributed by atoms with Crippen molar-refractivity contribution in [3.05, 3.63) is 181 Å². The van der Waals surface area contributed by atoms with Crippen molar-refractivity contribution in [2.24, 2.45) is 0 Å². The van der Waals surface area contributed by atoms with E-state index >= 15 is 0 Å². The Labute approximate surface area is 345 Å². The summed E-state index contributed by atoms with van der Waals surface area (Å²) in [7, 11) is 0. The average molecular weight is 762 g/mol. The number of hydrogen-bond donors (Lipinski definition) is 1. The first-order valence-corrected chi connectivity index (χ1v) is 20.8. The Balaban J connectivity index is 1.07. The molecule has 0 radical (unpaired) electrons. The molecule has 11 rings (SSSR count). The van der Waals surface area contributed by atoms with Gasteiger partial charge in [0.1, 0.15) is 0 Å². The molecule has 3 heterocycles. The summed E-state index contributed by atoms with van der Waals surface area (Å²) in [6, 6.07) is 63.3. The summed E-state index contributed by atoms with van der Waals surface area (Å²) < 4.78 is 4.86. The van der Waals surface area contributed by atoms with Crippen molar-refractivity contribution in [2.45, 2.75) is 52.4 Å². The predicted molar refractivity (Wildman–Crippen MR) is 253 cm³/mol. The van der Waals surface area contributed by atoms with E-state index in [4.69, 9.17) is 0 Å². The molecule has 11 aromatic rings. The van der Waals surface area contributed by atoms with Crippen molar-refractivity contribution < 1.29 is 0 Å². The molecule has 0 aliphatic rings. The standard InChI is InChI=1S/C56H47N3/c1-55(2,3)39-21-27-53-47(32-39)45-30-37(19-25-51(45)58(53)41-15-8-7-9-16-41)35-13-12-14-36(29-35)38-20-26-52-46(31-38)48-33-40(56(4,5)6)22-28-54(48)59(52)42-23-24-50-44(34-42)43-17-10-11-18-49(43)57-50/h7-34,57H,1-6H3. The van der Waals surface area contributed by atoms with Gasteiger partial charge < -0.3 is 14.1 Å². The molecule has 0 aliphatic heterocycles. The third-order valence-electron chi connectivity index (χ3n) is 12.6. The van der Waals surface area contributed by atoms with E-state index in [-0.39, 0.29) is 10.8 Å². The molecule has 0 atom stereocenters. The molecule has 0 amide bonds. The van der Waals surface area contributed by atoms with Crippen LogP contribution in [-0.2, 0) is 10.8 Å². The zero-order valence-corrected chi connectivity index (χ0v) is 34.6. The largest absolute Gasteiger partial charge is 0.355 e. The summed E-state index contributed by atoms with van der Waals surface area (Å²) in [6.07, 6.45) is 0. The number of nitrogens with zero attached hydrogens (tertiary/aromatic N) is 2. The van der Waals surface area contributed by atoms with Crippen molar-refractivity contribution in [3.8, 4) is 33.6 Å². The van der Waals surface area contributed by atoms with Gasteiger partial charge in [0.2, 0.25) is 0 Å². The first-order chi connectivity index (χ1) is 28.5. The van der Waals surface area contributed by atoms with Gasteiger partial charge in [0, 0.05) is 54.7 Å². The van der Waals surface area contributed by atoms with Crippen LogP contribution in [-0.4, -0.2) is 14.1 Å². The summed E-state index contributed by atoms with van der Waals surface area (Å²) >= 11 is 0. The summed E-state index contributed by atoms with van der Waals surface area (Å²) in [5, 5.41) is 7.59. The molecule has 0 fully saturated rings. The second-order valence-corrected chi connectivity index (χ2v) is 18.4. The van der Waals surface area contributed by atoms with Gasteiger partial charge in [0.15, 0.2) is 0 Å². The zero-order valence-electron chi connectivity index (χ0n) is 34.6. The Bertz CT molecular complexity index is 3450. The number of nitrogens with one attached hydrogen (secondary N) is 1. The molecule has 0 spiro atoms. The molecule has 0 unspecified atom stereocenters. The fraction of sp³-hybridized carbons (Fsp3) is 0.143. The van der Waals surface area contributed by atoms with Crippen LogP contribution in [0.2, 0.25) is 0 Å². The summed E-state index contributed by atoms with van der Waals surface area (Å²) in [4.78, 5) is 3.61. The monoisotopic (exact) mass is 761 g/mol. The predicted octanol–water partition coefficient (Wildman–Crippen LogP) is 15.4. The van der Waals surface area contributed by atoms with Crippen LogP contribution in [0, 0.1) is 0 Å². The van der Waals surface area contributed by atoms with Crippen molar-refractivity contribution in [2.75, 3.05) is 0 Å². The third kappa shape index (κ3) is 5.71. The smallest absolute Gasteiger partial charge is 0.0541 e. The quantitative estimate of drug-likeness (QED) is 0.185. The van der Waals surface area contributed by atoms with Crippen LogP contribution in [0.3, 0.4) is 0 Å². The molecular weight excluding hydrogens is 715 g/mol. The van der Waals surface area contributed by atoms with Gasteiger partial charge >= 0.3 is 0 Å². The minimum atomic E-state index is 0.0281. The topological polar surface area (TPSA) is 25.6 Å². The molecule has 0 bridgehead atoms. The second-order valence-electron chi connectivity index (χ2n) is 18.4. The van der Waals surface area contributed by atoms with Crippen LogP contribution in [0.25, 0.3) is 99.0 Å². The van der Waals surface area contributed by atoms with Crippen molar-refractivity contribution in [1.29, 1.82) is 0 Å². The van der Waals surface area contributed by atoms with Crippen LogP contribution in [0.15, 0.2) is 170 Å². The van der Waals surface area contributed by atoms with E-state index in [1.54, 1.807) is 0 Å². The second kappa shape index (κ2) is 12.8. The molecular formula is C56H47N3. The summed E-state index contributed by atoms with van der Waals surface area (Å²) in [5.74, 6) is 0. The highest BCUT2D eigenvalue weighted by atomic mass is 15.0. The van der Waals surface area contributed by atoms with E-state index < -0.39 is 0 Å². The number of aromatic amines is 1. The number of aromatic nitrogens is 3. The zero-order chi connectivity index (χ0) is 40.2. The fourth-order valence-electron chi connectivity index (χ4n) is 9.33. The van der Waals surface area contributed by atoms with Gasteiger partial charge in [-0.1, -0.05) is 120 Å². The molecule has 0 saturated heterocycles. The maximum Gasteiger partial charge on any atom is 0.0541 e. The van der Waals surface area contributed by atoms with Gasteiger partial charge in [0.25, 0.3) is 0 Å². The first kappa shape index (κ1) is 35.3. The lowest BCUT2D eigenvalue weighted by Crippen LogP contribution is -2.10. The molecule has 8 aromatic carbocycles. The van der Waals surface area contributed by atoms with Crippen LogP contribution < -0.4 is 0 Å². The molecule has 3 heteroatoms. The lowest BCUT2D eigenvalue weighted by Gasteiger charge is -2.19. The molecule has 286 valence electrons.